The first-order valence-corrected chi connectivity index (χ1v) is 7.34. The number of carboxylic acids is 1. The lowest BCUT2D eigenvalue weighted by atomic mass is 9.92. The van der Waals surface area contributed by atoms with Gasteiger partial charge in [0.1, 0.15) is 5.02 Å². The number of halogens is 1. The molecule has 0 bridgehead atoms. The number of benzene rings is 1. The number of hydrogen-bond acceptors (Lipinski definition) is 6. The second-order valence-corrected chi connectivity index (χ2v) is 5.53. The molecule has 0 unspecified atom stereocenters. The van der Waals surface area contributed by atoms with Crippen LogP contribution < -0.4 is 0 Å². The number of methoxy groups -OCH3 is 1. The quantitative estimate of drug-likeness (QED) is 0.501. The molecular weight excluding hydrogens is 352 g/mol. The van der Waals surface area contributed by atoms with E-state index in [2.05, 4.69) is 4.98 Å². The molecule has 0 aliphatic rings. The Morgan fingerprint density at radius 1 is 1.24 bits per heavy atom. The molecule has 0 atom stereocenters. The zero-order chi connectivity index (χ0) is 18.9. The highest BCUT2D eigenvalue weighted by atomic mass is 35.5. The van der Waals surface area contributed by atoms with E-state index in [0.29, 0.717) is 0 Å². The van der Waals surface area contributed by atoms with E-state index in [1.165, 1.54) is 26.0 Å². The Morgan fingerprint density at radius 3 is 2.36 bits per heavy atom. The minimum absolute atomic E-state index is 0.00381. The number of carbonyl (C=O) groups excluding carboxylic acids is 1. The van der Waals surface area contributed by atoms with Crippen LogP contribution in [0, 0.1) is 24.0 Å². The maximum absolute atomic E-state index is 12.2. The number of aryl methyl sites for hydroxylation is 2. The van der Waals surface area contributed by atoms with Crippen molar-refractivity contribution < 1.29 is 24.4 Å². The van der Waals surface area contributed by atoms with Gasteiger partial charge < -0.3 is 9.84 Å². The molecule has 0 spiro atoms. The number of carbonyl (C=O) groups is 2. The zero-order valence-electron chi connectivity index (χ0n) is 13.5. The molecule has 0 aliphatic carbocycles. The van der Waals surface area contributed by atoms with Crippen molar-refractivity contribution in [1.29, 1.82) is 0 Å². The van der Waals surface area contributed by atoms with Crippen molar-refractivity contribution in [3.05, 3.63) is 55.9 Å². The number of carboxylic acid groups (broad SMARTS) is 1. The molecule has 0 amide bonds. The van der Waals surface area contributed by atoms with E-state index in [-0.39, 0.29) is 38.7 Å². The summed E-state index contributed by atoms with van der Waals surface area (Å²) in [7, 11) is 1.15. The fourth-order valence-corrected chi connectivity index (χ4v) is 2.75. The van der Waals surface area contributed by atoms with Gasteiger partial charge in [-0.25, -0.2) is 9.59 Å². The van der Waals surface area contributed by atoms with Crippen LogP contribution in [-0.2, 0) is 4.74 Å². The molecule has 1 N–H and O–H groups in total. The van der Waals surface area contributed by atoms with Crippen molar-refractivity contribution >= 4 is 29.2 Å². The van der Waals surface area contributed by atoms with Crippen LogP contribution in [0.25, 0.3) is 11.1 Å². The van der Waals surface area contributed by atoms with Gasteiger partial charge in [0.15, 0.2) is 0 Å². The summed E-state index contributed by atoms with van der Waals surface area (Å²) in [4.78, 5) is 38.4. The smallest absolute Gasteiger partial charge is 0.340 e. The topological polar surface area (TPSA) is 120 Å². The average Bonchev–Trinajstić information content (AvgIpc) is 2.53. The highest BCUT2D eigenvalue weighted by Gasteiger charge is 2.27. The largest absolute Gasteiger partial charge is 0.478 e. The third kappa shape index (κ3) is 3.29. The molecule has 0 fully saturated rings. The summed E-state index contributed by atoms with van der Waals surface area (Å²) in [5, 5.41) is 20.6. The monoisotopic (exact) mass is 364 g/mol. The van der Waals surface area contributed by atoms with Crippen molar-refractivity contribution in [3.8, 4) is 11.1 Å². The summed E-state index contributed by atoms with van der Waals surface area (Å²) in [6.45, 7) is 3.00. The molecular formula is C16H13ClN2O6. The van der Waals surface area contributed by atoms with E-state index in [9.17, 15) is 24.8 Å². The summed E-state index contributed by atoms with van der Waals surface area (Å²) in [5.41, 5.74) is -0.123. The van der Waals surface area contributed by atoms with E-state index in [1.54, 1.807) is 0 Å². The first kappa shape index (κ1) is 18.3. The molecule has 8 nitrogen and oxygen atoms in total. The molecule has 1 aromatic carbocycles. The maximum Gasteiger partial charge on any atom is 0.340 e. The number of nitro groups is 1. The average molecular weight is 365 g/mol. The van der Waals surface area contributed by atoms with Gasteiger partial charge in [-0.05, 0) is 25.5 Å². The third-order valence-corrected chi connectivity index (χ3v) is 3.91. The van der Waals surface area contributed by atoms with Crippen molar-refractivity contribution in [2.75, 3.05) is 7.11 Å². The number of ether oxygens (including phenoxy) is 1. The maximum atomic E-state index is 12.2. The van der Waals surface area contributed by atoms with Crippen LogP contribution in [0.1, 0.15) is 32.1 Å². The number of pyridine rings is 1. The normalized spacial score (nSPS) is 10.4. The minimum atomic E-state index is -1.32. The van der Waals surface area contributed by atoms with Crippen LogP contribution >= 0.6 is 11.6 Å². The Bertz CT molecular complexity index is 910. The van der Waals surface area contributed by atoms with Crippen molar-refractivity contribution in [2.24, 2.45) is 0 Å². The Labute approximate surface area is 147 Å². The highest BCUT2D eigenvalue weighted by Crippen LogP contribution is 2.36. The molecule has 0 saturated heterocycles. The molecule has 0 aliphatic heterocycles. The Balaban J connectivity index is 2.96. The van der Waals surface area contributed by atoms with Crippen LogP contribution in [0.4, 0.5) is 5.69 Å². The Hall–Kier alpha value is -3.00. The highest BCUT2D eigenvalue weighted by molar-refractivity contribution is 6.32. The molecule has 9 heteroatoms. The van der Waals surface area contributed by atoms with Gasteiger partial charge in [-0.3, -0.25) is 15.1 Å². The third-order valence-electron chi connectivity index (χ3n) is 3.59. The molecule has 2 aromatic rings. The van der Waals surface area contributed by atoms with Crippen molar-refractivity contribution in [1.82, 2.24) is 4.98 Å². The number of nitro benzene ring substituents is 1. The first-order chi connectivity index (χ1) is 11.7. The standard InChI is InChI=1S/C16H13ClN2O6/c1-7-12(15(20)21)14(13(8(2)18-7)16(22)25-3)9-4-5-10(17)11(6-9)19(23)24/h4-6H,1-3H3,(H,20,21). The molecule has 130 valence electrons. The number of esters is 1. The van der Waals surface area contributed by atoms with Gasteiger partial charge in [0.05, 0.1) is 34.5 Å². The lowest BCUT2D eigenvalue weighted by molar-refractivity contribution is -0.384. The molecule has 0 radical (unpaired) electrons. The predicted octanol–water partition coefficient (Wildman–Crippen LogP) is 3.41. The van der Waals surface area contributed by atoms with Crippen LogP contribution in [0.3, 0.4) is 0 Å². The number of hydrogen-bond donors (Lipinski definition) is 1. The van der Waals surface area contributed by atoms with Crippen molar-refractivity contribution in [2.45, 2.75) is 13.8 Å². The lowest BCUT2D eigenvalue weighted by Crippen LogP contribution is -2.15. The summed E-state index contributed by atoms with van der Waals surface area (Å²) in [6, 6.07) is 3.80. The van der Waals surface area contributed by atoms with E-state index >= 15 is 0 Å². The number of aromatic nitrogens is 1. The van der Waals surface area contributed by atoms with Crippen LogP contribution in [-0.4, -0.2) is 34.1 Å². The predicted molar refractivity (Wildman–Crippen MR) is 89.1 cm³/mol. The summed E-state index contributed by atoms with van der Waals surface area (Å²) < 4.78 is 4.72. The number of aromatic carboxylic acids is 1. The fourth-order valence-electron chi connectivity index (χ4n) is 2.56. The Morgan fingerprint density at radius 2 is 1.84 bits per heavy atom. The van der Waals surface area contributed by atoms with Gasteiger partial charge in [-0.15, -0.1) is 0 Å². The van der Waals surface area contributed by atoms with Crippen LogP contribution in [0.15, 0.2) is 18.2 Å². The van der Waals surface area contributed by atoms with Gasteiger partial charge >= 0.3 is 11.9 Å². The second kappa shape index (κ2) is 6.86. The minimum Gasteiger partial charge on any atom is -0.478 e. The van der Waals surface area contributed by atoms with Gasteiger partial charge in [-0.2, -0.15) is 0 Å². The lowest BCUT2D eigenvalue weighted by Gasteiger charge is -2.16. The summed E-state index contributed by atoms with van der Waals surface area (Å²) in [6.07, 6.45) is 0. The van der Waals surface area contributed by atoms with Gasteiger partial charge in [0.25, 0.3) is 5.69 Å². The Kier molecular flexibility index (Phi) is 5.03. The van der Waals surface area contributed by atoms with Crippen LogP contribution in [0.2, 0.25) is 5.02 Å². The SMILES string of the molecule is COC(=O)c1c(C)nc(C)c(C(=O)O)c1-c1ccc(Cl)c([N+](=O)[O-])c1. The molecule has 25 heavy (non-hydrogen) atoms. The van der Waals surface area contributed by atoms with Gasteiger partial charge in [-0.1, -0.05) is 17.7 Å². The summed E-state index contributed by atoms with van der Waals surface area (Å²) in [5.74, 6) is -2.11. The molecule has 1 heterocycles. The van der Waals surface area contributed by atoms with Gasteiger partial charge in [0, 0.05) is 11.6 Å². The first-order valence-electron chi connectivity index (χ1n) is 6.96. The fraction of sp³-hybridized carbons (Fsp3) is 0.188. The number of rotatable bonds is 4. The molecule has 0 saturated carbocycles. The van der Waals surface area contributed by atoms with E-state index in [4.69, 9.17) is 16.3 Å². The van der Waals surface area contributed by atoms with Crippen LogP contribution in [0.5, 0.6) is 0 Å². The van der Waals surface area contributed by atoms with E-state index < -0.39 is 22.5 Å². The second-order valence-electron chi connectivity index (χ2n) is 5.13. The van der Waals surface area contributed by atoms with Gasteiger partial charge in [0.2, 0.25) is 0 Å². The van der Waals surface area contributed by atoms with E-state index in [1.807, 2.05) is 0 Å². The van der Waals surface area contributed by atoms with E-state index in [0.717, 1.165) is 13.2 Å². The zero-order valence-corrected chi connectivity index (χ0v) is 14.2. The molecule has 1 aromatic heterocycles. The molecule has 2 rings (SSSR count). The number of nitrogens with zero attached hydrogens (tertiary/aromatic N) is 2. The van der Waals surface area contributed by atoms with Crippen molar-refractivity contribution in [3.63, 3.8) is 0 Å². The summed E-state index contributed by atoms with van der Waals surface area (Å²) >= 11 is 5.81.